The Balaban J connectivity index is 1.65. The maximum atomic E-state index is 12.5. The molecule has 2 heterocycles. The first-order valence-corrected chi connectivity index (χ1v) is 8.79. The van der Waals surface area contributed by atoms with E-state index in [0.29, 0.717) is 11.4 Å². The molecule has 0 aliphatic carbocycles. The largest absolute Gasteiger partial charge is 0.326 e. The van der Waals surface area contributed by atoms with Crippen LogP contribution in [0.1, 0.15) is 12.1 Å². The average molecular weight is 377 g/mol. The lowest BCUT2D eigenvalue weighted by atomic mass is 10.1. The van der Waals surface area contributed by atoms with Gasteiger partial charge in [0, 0.05) is 17.9 Å². The number of hydrogen-bond acceptors (Lipinski definition) is 5. The predicted octanol–water partition coefficient (Wildman–Crippen LogP) is 1.71. The zero-order valence-corrected chi connectivity index (χ0v) is 15.3. The molecule has 1 aromatic carbocycles. The summed E-state index contributed by atoms with van der Waals surface area (Å²) in [6.45, 7) is 1.77. The first kappa shape index (κ1) is 19.0. The molecule has 1 fully saturated rings. The lowest BCUT2D eigenvalue weighted by Gasteiger charge is -2.18. The van der Waals surface area contributed by atoms with Crippen molar-refractivity contribution in [3.63, 3.8) is 0 Å². The fourth-order valence-corrected chi connectivity index (χ4v) is 3.05. The number of pyridine rings is 1. The smallest absolute Gasteiger partial charge is 0.315 e. The van der Waals surface area contributed by atoms with Crippen molar-refractivity contribution >= 4 is 29.2 Å². The molecule has 0 saturated carbocycles. The minimum Gasteiger partial charge on any atom is -0.326 e. The molecule has 142 valence electrons. The van der Waals surface area contributed by atoms with Crippen LogP contribution in [-0.4, -0.2) is 40.2 Å². The minimum atomic E-state index is -0.887. The van der Waals surface area contributed by atoms with E-state index in [1.54, 1.807) is 49.4 Å². The zero-order chi connectivity index (χ0) is 20.1. The van der Waals surface area contributed by atoms with Gasteiger partial charge in [-0.15, -0.1) is 0 Å². The second kappa shape index (κ2) is 8.31. The molecule has 2 atom stereocenters. The molecule has 0 bridgehead atoms. The second-order valence-electron chi connectivity index (χ2n) is 6.51. The van der Waals surface area contributed by atoms with Gasteiger partial charge in [-0.3, -0.25) is 14.4 Å². The molecular formula is C20H19N5O3. The van der Waals surface area contributed by atoms with E-state index < -0.39 is 23.8 Å². The number of para-hydroxylation sites is 1. The van der Waals surface area contributed by atoms with Crippen molar-refractivity contribution < 1.29 is 14.4 Å². The number of aromatic nitrogens is 1. The number of nitrogens with zero attached hydrogens (tertiary/aromatic N) is 3. The third kappa shape index (κ3) is 4.32. The van der Waals surface area contributed by atoms with Gasteiger partial charge in [0.15, 0.2) is 0 Å². The zero-order valence-electron chi connectivity index (χ0n) is 15.3. The standard InChI is InChI=1S/C20H19N5O3/c1-13-6-5-9-17(22-13)24-19(27)20(28)25-12-14(10-16(25)11-21)18(26)23-15-7-3-2-4-8-15/h2-9,14,16H,10,12H2,1H3,(H,23,26)(H,22,24,27). The van der Waals surface area contributed by atoms with Gasteiger partial charge in [-0.05, 0) is 37.6 Å². The summed E-state index contributed by atoms with van der Waals surface area (Å²) in [4.78, 5) is 42.6. The molecule has 8 heteroatoms. The number of nitriles is 1. The highest BCUT2D eigenvalue weighted by Gasteiger charge is 2.41. The van der Waals surface area contributed by atoms with E-state index in [-0.39, 0.29) is 24.7 Å². The molecule has 0 radical (unpaired) electrons. The number of hydrogen-bond donors (Lipinski definition) is 2. The van der Waals surface area contributed by atoms with E-state index >= 15 is 0 Å². The quantitative estimate of drug-likeness (QED) is 0.790. The highest BCUT2D eigenvalue weighted by atomic mass is 16.2. The molecule has 2 aromatic rings. The number of rotatable bonds is 3. The Morgan fingerprint density at radius 2 is 1.86 bits per heavy atom. The number of carbonyl (C=O) groups is 3. The monoisotopic (exact) mass is 377 g/mol. The molecule has 2 unspecified atom stereocenters. The van der Waals surface area contributed by atoms with Crippen LogP contribution in [0.5, 0.6) is 0 Å². The van der Waals surface area contributed by atoms with Crippen molar-refractivity contribution in [1.29, 1.82) is 5.26 Å². The van der Waals surface area contributed by atoms with Gasteiger partial charge >= 0.3 is 11.8 Å². The molecule has 3 amide bonds. The first-order valence-electron chi connectivity index (χ1n) is 8.79. The summed E-state index contributed by atoms with van der Waals surface area (Å²) in [6, 6.07) is 15.1. The number of aryl methyl sites for hydroxylation is 1. The summed E-state index contributed by atoms with van der Waals surface area (Å²) in [5.41, 5.74) is 1.33. The number of likely N-dealkylation sites (tertiary alicyclic amines) is 1. The van der Waals surface area contributed by atoms with Gasteiger partial charge in [0.05, 0.1) is 12.0 Å². The van der Waals surface area contributed by atoms with Gasteiger partial charge in [-0.2, -0.15) is 5.26 Å². The van der Waals surface area contributed by atoms with E-state index in [4.69, 9.17) is 0 Å². The Hall–Kier alpha value is -3.73. The van der Waals surface area contributed by atoms with Crippen molar-refractivity contribution in [2.75, 3.05) is 17.2 Å². The van der Waals surface area contributed by atoms with Crippen molar-refractivity contribution in [1.82, 2.24) is 9.88 Å². The molecule has 3 rings (SSSR count). The van der Waals surface area contributed by atoms with Crippen molar-refractivity contribution in [2.45, 2.75) is 19.4 Å². The molecule has 0 spiro atoms. The lowest BCUT2D eigenvalue weighted by Crippen LogP contribution is -2.42. The first-order chi connectivity index (χ1) is 13.5. The number of carbonyl (C=O) groups excluding carboxylic acids is 3. The number of anilines is 2. The van der Waals surface area contributed by atoms with Crippen molar-refractivity contribution in [2.24, 2.45) is 5.92 Å². The van der Waals surface area contributed by atoms with Crippen LogP contribution < -0.4 is 10.6 Å². The van der Waals surface area contributed by atoms with Crippen LogP contribution in [0.3, 0.4) is 0 Å². The van der Waals surface area contributed by atoms with Crippen LogP contribution in [0.25, 0.3) is 0 Å². The van der Waals surface area contributed by atoms with Gasteiger partial charge in [-0.1, -0.05) is 24.3 Å². The predicted molar refractivity (Wildman–Crippen MR) is 102 cm³/mol. The van der Waals surface area contributed by atoms with E-state index in [9.17, 15) is 19.6 Å². The maximum absolute atomic E-state index is 12.5. The number of nitrogens with one attached hydrogen (secondary N) is 2. The third-order valence-electron chi connectivity index (χ3n) is 4.45. The highest BCUT2D eigenvalue weighted by Crippen LogP contribution is 2.25. The van der Waals surface area contributed by atoms with Crippen LogP contribution in [-0.2, 0) is 14.4 Å². The van der Waals surface area contributed by atoms with E-state index in [2.05, 4.69) is 15.6 Å². The van der Waals surface area contributed by atoms with Crippen molar-refractivity contribution in [3.8, 4) is 6.07 Å². The molecule has 28 heavy (non-hydrogen) atoms. The fraction of sp³-hybridized carbons (Fsp3) is 0.250. The Labute approximate surface area is 162 Å². The van der Waals surface area contributed by atoms with Crippen LogP contribution in [0.2, 0.25) is 0 Å². The van der Waals surface area contributed by atoms with Crippen molar-refractivity contribution in [3.05, 3.63) is 54.2 Å². The van der Waals surface area contributed by atoms with Crippen LogP contribution in [0.15, 0.2) is 48.5 Å². The summed E-state index contributed by atoms with van der Waals surface area (Å²) in [6.07, 6.45) is 0.177. The van der Waals surface area contributed by atoms with Gasteiger partial charge < -0.3 is 15.5 Å². The molecule has 2 N–H and O–H groups in total. The normalized spacial score (nSPS) is 18.2. The maximum Gasteiger partial charge on any atom is 0.315 e. The Kier molecular flexibility index (Phi) is 5.65. The van der Waals surface area contributed by atoms with E-state index in [1.807, 2.05) is 12.1 Å². The van der Waals surface area contributed by atoms with Gasteiger partial charge in [0.1, 0.15) is 11.9 Å². The van der Waals surface area contributed by atoms with E-state index in [1.165, 1.54) is 0 Å². The summed E-state index contributed by atoms with van der Waals surface area (Å²) in [5, 5.41) is 14.6. The van der Waals surface area contributed by atoms with Gasteiger partial charge in [0.2, 0.25) is 5.91 Å². The number of amides is 3. The molecule has 1 saturated heterocycles. The Bertz CT molecular complexity index is 938. The topological polar surface area (TPSA) is 115 Å². The molecule has 1 aliphatic heterocycles. The molecule has 8 nitrogen and oxygen atoms in total. The Morgan fingerprint density at radius 3 is 2.54 bits per heavy atom. The highest BCUT2D eigenvalue weighted by molar-refractivity contribution is 6.39. The molecule has 1 aromatic heterocycles. The second-order valence-corrected chi connectivity index (χ2v) is 6.51. The lowest BCUT2D eigenvalue weighted by molar-refractivity contribution is -0.143. The Morgan fingerprint density at radius 1 is 1.11 bits per heavy atom. The third-order valence-corrected chi connectivity index (χ3v) is 4.45. The van der Waals surface area contributed by atoms with Gasteiger partial charge in [-0.25, -0.2) is 4.98 Å². The van der Waals surface area contributed by atoms with Gasteiger partial charge in [0.25, 0.3) is 0 Å². The molecule has 1 aliphatic rings. The average Bonchev–Trinajstić information content (AvgIpc) is 3.12. The summed E-state index contributed by atoms with van der Waals surface area (Å²) < 4.78 is 0. The fourth-order valence-electron chi connectivity index (χ4n) is 3.05. The van der Waals surface area contributed by atoms with Crippen LogP contribution >= 0.6 is 0 Å². The summed E-state index contributed by atoms with van der Waals surface area (Å²) in [5.74, 6) is -2.35. The van der Waals surface area contributed by atoms with Crippen LogP contribution in [0, 0.1) is 24.2 Å². The van der Waals surface area contributed by atoms with E-state index in [0.717, 1.165) is 4.90 Å². The van der Waals surface area contributed by atoms with Crippen LogP contribution in [0.4, 0.5) is 11.5 Å². The SMILES string of the molecule is Cc1cccc(NC(=O)C(=O)N2CC(C(=O)Nc3ccccc3)CC2C#N)n1. The molecular weight excluding hydrogens is 358 g/mol. The summed E-state index contributed by atoms with van der Waals surface area (Å²) >= 11 is 0. The summed E-state index contributed by atoms with van der Waals surface area (Å²) in [7, 11) is 0. The number of benzene rings is 1. The minimum absolute atomic E-state index is 0.00436.